The van der Waals surface area contributed by atoms with Gasteiger partial charge < -0.3 is 15.2 Å². The van der Waals surface area contributed by atoms with Crippen molar-refractivity contribution in [2.24, 2.45) is 0 Å². The molecule has 0 aliphatic carbocycles. The first-order chi connectivity index (χ1) is 7.40. The second kappa shape index (κ2) is 5.16. The summed E-state index contributed by atoms with van der Waals surface area (Å²) in [5.74, 6) is -0.351. The van der Waals surface area contributed by atoms with Crippen LogP contribution in [0.5, 0.6) is 5.75 Å². The Kier molecular flexibility index (Phi) is 4.12. The SMILES string of the molecule is CC(C)(C)OCCOc1c(N)cccc1F. The van der Waals surface area contributed by atoms with Crippen LogP contribution in [0, 0.1) is 5.82 Å². The van der Waals surface area contributed by atoms with Gasteiger partial charge in [-0.2, -0.15) is 0 Å². The standard InChI is InChI=1S/C12H18FNO2/c1-12(2,3)16-8-7-15-11-9(13)5-4-6-10(11)14/h4-6H,7-8,14H2,1-3H3. The molecule has 0 fully saturated rings. The third-order valence-corrected chi connectivity index (χ3v) is 1.86. The molecule has 0 aromatic heterocycles. The molecule has 1 rings (SSSR count). The summed E-state index contributed by atoms with van der Waals surface area (Å²) in [6, 6.07) is 4.46. The maximum absolute atomic E-state index is 13.3. The minimum Gasteiger partial charge on any atom is -0.486 e. The minimum atomic E-state index is -0.448. The third-order valence-electron chi connectivity index (χ3n) is 1.86. The van der Waals surface area contributed by atoms with Crippen molar-refractivity contribution < 1.29 is 13.9 Å². The molecule has 0 spiro atoms. The van der Waals surface area contributed by atoms with E-state index in [4.69, 9.17) is 15.2 Å². The number of nitrogen functional groups attached to an aromatic ring is 1. The number of rotatable bonds is 4. The van der Waals surface area contributed by atoms with Gasteiger partial charge >= 0.3 is 0 Å². The van der Waals surface area contributed by atoms with Gasteiger partial charge in [0, 0.05) is 0 Å². The lowest BCUT2D eigenvalue weighted by molar-refractivity contribution is -0.0165. The van der Waals surface area contributed by atoms with Crippen molar-refractivity contribution in [1.29, 1.82) is 0 Å². The molecule has 90 valence electrons. The highest BCUT2D eigenvalue weighted by molar-refractivity contribution is 5.52. The highest BCUT2D eigenvalue weighted by Gasteiger charge is 2.11. The highest BCUT2D eigenvalue weighted by Crippen LogP contribution is 2.24. The number of hydrogen-bond donors (Lipinski definition) is 1. The zero-order valence-electron chi connectivity index (χ0n) is 9.92. The Balaban J connectivity index is 2.43. The normalized spacial score (nSPS) is 11.5. The first-order valence-electron chi connectivity index (χ1n) is 5.21. The molecule has 1 aromatic carbocycles. The van der Waals surface area contributed by atoms with E-state index in [0.717, 1.165) is 0 Å². The molecule has 1 aromatic rings. The fraction of sp³-hybridized carbons (Fsp3) is 0.500. The lowest BCUT2D eigenvalue weighted by Crippen LogP contribution is -2.22. The van der Waals surface area contributed by atoms with Crippen molar-refractivity contribution in [3.63, 3.8) is 0 Å². The molecule has 0 atom stereocenters. The van der Waals surface area contributed by atoms with Crippen LogP contribution < -0.4 is 10.5 Å². The van der Waals surface area contributed by atoms with E-state index in [0.29, 0.717) is 12.3 Å². The number of para-hydroxylation sites is 1. The molecule has 0 saturated heterocycles. The number of hydrogen-bond acceptors (Lipinski definition) is 3. The van der Waals surface area contributed by atoms with Crippen molar-refractivity contribution in [2.75, 3.05) is 18.9 Å². The van der Waals surface area contributed by atoms with Crippen LogP contribution in [-0.4, -0.2) is 18.8 Å². The summed E-state index contributed by atoms with van der Waals surface area (Å²) < 4.78 is 23.9. The number of nitrogens with two attached hydrogens (primary N) is 1. The molecular weight excluding hydrogens is 209 g/mol. The van der Waals surface area contributed by atoms with Gasteiger partial charge in [0.25, 0.3) is 0 Å². The van der Waals surface area contributed by atoms with Crippen LogP contribution in [0.3, 0.4) is 0 Å². The Hall–Kier alpha value is -1.29. The molecule has 0 radical (unpaired) electrons. The second-order valence-corrected chi connectivity index (χ2v) is 4.47. The third kappa shape index (κ3) is 4.06. The zero-order valence-corrected chi connectivity index (χ0v) is 9.92. The Labute approximate surface area is 95.4 Å². The van der Waals surface area contributed by atoms with Crippen LogP contribution in [0.25, 0.3) is 0 Å². The van der Waals surface area contributed by atoms with Crippen molar-refractivity contribution in [3.8, 4) is 5.75 Å². The molecule has 0 aliphatic rings. The zero-order chi connectivity index (χ0) is 12.2. The molecule has 0 heterocycles. The van der Waals surface area contributed by atoms with E-state index in [9.17, 15) is 4.39 Å². The van der Waals surface area contributed by atoms with Gasteiger partial charge in [0.15, 0.2) is 11.6 Å². The monoisotopic (exact) mass is 227 g/mol. The van der Waals surface area contributed by atoms with Crippen molar-refractivity contribution in [3.05, 3.63) is 24.0 Å². The molecule has 0 unspecified atom stereocenters. The summed E-state index contributed by atoms with van der Waals surface area (Å²) in [5.41, 5.74) is 5.67. The van der Waals surface area contributed by atoms with Gasteiger partial charge in [-0.3, -0.25) is 0 Å². The van der Waals surface area contributed by atoms with Gasteiger partial charge in [0.05, 0.1) is 17.9 Å². The Morgan fingerprint density at radius 1 is 1.25 bits per heavy atom. The van der Waals surface area contributed by atoms with E-state index in [1.165, 1.54) is 6.07 Å². The van der Waals surface area contributed by atoms with Crippen molar-refractivity contribution in [2.45, 2.75) is 26.4 Å². The van der Waals surface area contributed by atoms with Crippen LogP contribution in [0.2, 0.25) is 0 Å². The molecule has 0 saturated carbocycles. The summed E-state index contributed by atoms with van der Waals surface area (Å²) in [7, 11) is 0. The molecule has 4 heteroatoms. The molecule has 2 N–H and O–H groups in total. The van der Waals surface area contributed by atoms with Crippen molar-refractivity contribution in [1.82, 2.24) is 0 Å². The van der Waals surface area contributed by atoms with E-state index in [1.54, 1.807) is 12.1 Å². The van der Waals surface area contributed by atoms with Gasteiger partial charge in [-0.15, -0.1) is 0 Å². The molecule has 3 nitrogen and oxygen atoms in total. The molecule has 0 amide bonds. The van der Waals surface area contributed by atoms with Gasteiger partial charge in [0.2, 0.25) is 0 Å². The molecule has 16 heavy (non-hydrogen) atoms. The molecular formula is C12H18FNO2. The average molecular weight is 227 g/mol. The van der Waals surface area contributed by atoms with Crippen molar-refractivity contribution >= 4 is 5.69 Å². The van der Waals surface area contributed by atoms with E-state index in [2.05, 4.69) is 0 Å². The molecule has 0 aliphatic heterocycles. The topological polar surface area (TPSA) is 44.5 Å². The van der Waals surface area contributed by atoms with Gasteiger partial charge in [-0.05, 0) is 32.9 Å². The fourth-order valence-corrected chi connectivity index (χ4v) is 1.17. The Morgan fingerprint density at radius 3 is 2.50 bits per heavy atom. The number of anilines is 1. The average Bonchev–Trinajstić information content (AvgIpc) is 2.14. The Bertz CT molecular complexity index is 327. The second-order valence-electron chi connectivity index (χ2n) is 4.47. The quantitative estimate of drug-likeness (QED) is 0.635. The summed E-state index contributed by atoms with van der Waals surface area (Å²) >= 11 is 0. The van der Waals surface area contributed by atoms with Crippen LogP contribution in [0.15, 0.2) is 18.2 Å². The summed E-state index contributed by atoms with van der Waals surface area (Å²) in [6.07, 6.45) is 0. The van der Waals surface area contributed by atoms with E-state index >= 15 is 0 Å². The van der Waals surface area contributed by atoms with Gasteiger partial charge in [-0.25, -0.2) is 4.39 Å². The molecule has 0 bridgehead atoms. The van der Waals surface area contributed by atoms with Crippen LogP contribution in [0.4, 0.5) is 10.1 Å². The Morgan fingerprint density at radius 2 is 1.94 bits per heavy atom. The summed E-state index contributed by atoms with van der Waals surface area (Å²) in [5, 5.41) is 0. The van der Waals surface area contributed by atoms with E-state index in [-0.39, 0.29) is 18.0 Å². The van der Waals surface area contributed by atoms with E-state index in [1.807, 2.05) is 20.8 Å². The number of halogens is 1. The summed E-state index contributed by atoms with van der Waals surface area (Å²) in [4.78, 5) is 0. The van der Waals surface area contributed by atoms with E-state index < -0.39 is 5.82 Å². The first-order valence-corrected chi connectivity index (χ1v) is 5.21. The number of ether oxygens (including phenoxy) is 2. The van der Waals surface area contributed by atoms with Gasteiger partial charge in [0.1, 0.15) is 6.61 Å². The number of benzene rings is 1. The lowest BCUT2D eigenvalue weighted by Gasteiger charge is -2.19. The van der Waals surface area contributed by atoms with Crippen LogP contribution in [-0.2, 0) is 4.74 Å². The predicted octanol–water partition coefficient (Wildman–Crippen LogP) is 2.60. The maximum Gasteiger partial charge on any atom is 0.177 e. The first kappa shape index (κ1) is 12.8. The minimum absolute atomic E-state index is 0.0972. The van der Waals surface area contributed by atoms with Crippen LogP contribution in [0.1, 0.15) is 20.8 Å². The van der Waals surface area contributed by atoms with Gasteiger partial charge in [-0.1, -0.05) is 6.07 Å². The predicted molar refractivity (Wildman–Crippen MR) is 62.0 cm³/mol. The highest BCUT2D eigenvalue weighted by atomic mass is 19.1. The summed E-state index contributed by atoms with van der Waals surface area (Å²) in [6.45, 7) is 6.53. The van der Waals surface area contributed by atoms with Crippen LogP contribution >= 0.6 is 0 Å². The largest absolute Gasteiger partial charge is 0.486 e. The maximum atomic E-state index is 13.3. The fourth-order valence-electron chi connectivity index (χ4n) is 1.17. The smallest absolute Gasteiger partial charge is 0.177 e. The lowest BCUT2D eigenvalue weighted by atomic mass is 10.2.